The number of nitrogens with two attached hydrogens (primary N) is 1. The predicted octanol–water partition coefficient (Wildman–Crippen LogP) is 1.74. The van der Waals surface area contributed by atoms with Crippen molar-refractivity contribution >= 4 is 23.0 Å². The number of carbonyl (C=O) groups excluding carboxylic acids is 1. The summed E-state index contributed by atoms with van der Waals surface area (Å²) in [6, 6.07) is 9.18. The maximum absolute atomic E-state index is 13.4. The molecule has 0 atom stereocenters. The van der Waals surface area contributed by atoms with Gasteiger partial charge in [0.25, 0.3) is 11.5 Å². The number of fused-ring (bicyclic) bond motifs is 1. The van der Waals surface area contributed by atoms with Gasteiger partial charge in [0.15, 0.2) is 0 Å². The normalized spacial score (nSPS) is 10.9. The maximum atomic E-state index is 13.4. The number of aryl methyl sites for hydroxylation is 1. The molecule has 8 heteroatoms. The zero-order chi connectivity index (χ0) is 18.8. The Hall–Kier alpha value is -3.13. The van der Waals surface area contributed by atoms with E-state index in [2.05, 4.69) is 10.4 Å². The number of rotatable bonds is 5. The summed E-state index contributed by atoms with van der Waals surface area (Å²) in [6.45, 7) is 6.90. The summed E-state index contributed by atoms with van der Waals surface area (Å²) in [5, 5.41) is 0.116. The third kappa shape index (κ3) is 2.74. The number of nitrogens with zero attached hydrogens (tertiary/aromatic N) is 3. The van der Waals surface area contributed by atoms with E-state index < -0.39 is 5.91 Å². The summed E-state index contributed by atoms with van der Waals surface area (Å²) in [4.78, 5) is 32.0. The SMILES string of the molecule is CCN(CC)c1nc2oc(C)c(C(=O)NN)c2c(=O)n1-c1ccccc1. The molecule has 2 heterocycles. The number of nitrogen functional groups attached to an aromatic ring is 1. The molecule has 1 amide bonds. The van der Waals surface area contributed by atoms with E-state index in [0.717, 1.165) is 0 Å². The van der Waals surface area contributed by atoms with Crippen molar-refractivity contribution in [1.82, 2.24) is 15.0 Å². The van der Waals surface area contributed by atoms with Crippen LogP contribution >= 0.6 is 0 Å². The smallest absolute Gasteiger partial charge is 0.271 e. The summed E-state index contributed by atoms with van der Waals surface area (Å²) in [5.74, 6) is 5.44. The van der Waals surface area contributed by atoms with E-state index in [1.165, 1.54) is 4.57 Å². The number of carbonyl (C=O) groups is 1. The molecule has 0 bridgehead atoms. The van der Waals surface area contributed by atoms with Gasteiger partial charge in [0, 0.05) is 13.1 Å². The molecule has 3 N–H and O–H groups in total. The molecule has 3 rings (SSSR count). The summed E-state index contributed by atoms with van der Waals surface area (Å²) in [5.41, 5.74) is 2.58. The molecule has 1 aromatic carbocycles. The highest BCUT2D eigenvalue weighted by Gasteiger charge is 2.26. The van der Waals surface area contributed by atoms with Crippen molar-refractivity contribution in [3.05, 3.63) is 52.0 Å². The Morgan fingerprint density at radius 3 is 2.50 bits per heavy atom. The number of para-hydroxylation sites is 1. The van der Waals surface area contributed by atoms with Crippen LogP contribution in [0.15, 0.2) is 39.5 Å². The number of furan rings is 1. The molecule has 136 valence electrons. The largest absolute Gasteiger partial charge is 0.442 e. The number of nitrogens with one attached hydrogen (secondary N) is 1. The Morgan fingerprint density at radius 2 is 1.92 bits per heavy atom. The van der Waals surface area contributed by atoms with Gasteiger partial charge in [0.2, 0.25) is 11.7 Å². The first-order valence-corrected chi connectivity index (χ1v) is 8.40. The quantitative estimate of drug-likeness (QED) is 0.410. The molecular weight excluding hydrogens is 334 g/mol. The number of amides is 1. The molecule has 0 fully saturated rings. The van der Waals surface area contributed by atoms with Crippen LogP contribution in [-0.2, 0) is 0 Å². The van der Waals surface area contributed by atoms with E-state index in [-0.39, 0.29) is 22.2 Å². The molecule has 0 radical (unpaired) electrons. The van der Waals surface area contributed by atoms with Crippen LogP contribution in [0.4, 0.5) is 5.95 Å². The Labute approximate surface area is 150 Å². The maximum Gasteiger partial charge on any atom is 0.271 e. The first-order chi connectivity index (χ1) is 12.5. The molecule has 0 spiro atoms. The lowest BCUT2D eigenvalue weighted by Gasteiger charge is -2.23. The third-order valence-electron chi connectivity index (χ3n) is 4.30. The molecule has 0 aliphatic heterocycles. The highest BCUT2D eigenvalue weighted by Crippen LogP contribution is 2.25. The van der Waals surface area contributed by atoms with Crippen LogP contribution in [0.1, 0.15) is 30.0 Å². The van der Waals surface area contributed by atoms with E-state index in [1.807, 2.05) is 49.1 Å². The number of hydrazine groups is 1. The number of anilines is 1. The first kappa shape index (κ1) is 17.7. The van der Waals surface area contributed by atoms with Gasteiger partial charge >= 0.3 is 0 Å². The second kappa shape index (κ2) is 7.01. The Bertz CT molecular complexity index is 1000. The average molecular weight is 355 g/mol. The lowest BCUT2D eigenvalue weighted by molar-refractivity contribution is 0.0953. The number of hydrogen-bond donors (Lipinski definition) is 2. The van der Waals surface area contributed by atoms with Gasteiger partial charge in [-0.3, -0.25) is 15.0 Å². The van der Waals surface area contributed by atoms with Gasteiger partial charge in [0.1, 0.15) is 11.1 Å². The van der Waals surface area contributed by atoms with E-state index in [4.69, 9.17) is 10.3 Å². The second-order valence-corrected chi connectivity index (χ2v) is 5.75. The minimum absolute atomic E-state index is 0.107. The van der Waals surface area contributed by atoms with Crippen molar-refractivity contribution in [1.29, 1.82) is 0 Å². The molecule has 0 unspecified atom stereocenters. The number of aromatic nitrogens is 2. The lowest BCUT2D eigenvalue weighted by Crippen LogP contribution is -2.34. The zero-order valence-electron chi connectivity index (χ0n) is 14.9. The molecule has 0 saturated carbocycles. The van der Waals surface area contributed by atoms with Gasteiger partial charge in [-0.2, -0.15) is 4.98 Å². The zero-order valence-corrected chi connectivity index (χ0v) is 14.9. The van der Waals surface area contributed by atoms with Crippen LogP contribution < -0.4 is 21.7 Å². The second-order valence-electron chi connectivity index (χ2n) is 5.75. The summed E-state index contributed by atoms with van der Waals surface area (Å²) in [7, 11) is 0. The van der Waals surface area contributed by atoms with Gasteiger partial charge in [-0.25, -0.2) is 10.4 Å². The Balaban J connectivity index is 2.44. The predicted molar refractivity (Wildman–Crippen MR) is 99.6 cm³/mol. The molecule has 0 saturated heterocycles. The minimum Gasteiger partial charge on any atom is -0.442 e. The van der Waals surface area contributed by atoms with E-state index in [9.17, 15) is 9.59 Å². The van der Waals surface area contributed by atoms with Crippen molar-refractivity contribution in [2.75, 3.05) is 18.0 Å². The molecular formula is C18H21N5O3. The van der Waals surface area contributed by atoms with Crippen LogP contribution in [0.5, 0.6) is 0 Å². The van der Waals surface area contributed by atoms with Gasteiger partial charge in [0.05, 0.1) is 11.3 Å². The highest BCUT2D eigenvalue weighted by atomic mass is 16.3. The average Bonchev–Trinajstić information content (AvgIpc) is 2.99. The van der Waals surface area contributed by atoms with Crippen molar-refractivity contribution < 1.29 is 9.21 Å². The Kier molecular flexibility index (Phi) is 4.77. The first-order valence-electron chi connectivity index (χ1n) is 8.40. The van der Waals surface area contributed by atoms with Crippen molar-refractivity contribution in [3.63, 3.8) is 0 Å². The molecule has 0 aliphatic rings. The van der Waals surface area contributed by atoms with Gasteiger partial charge in [-0.05, 0) is 32.9 Å². The summed E-state index contributed by atoms with van der Waals surface area (Å²) in [6.07, 6.45) is 0. The minimum atomic E-state index is -0.588. The Morgan fingerprint density at radius 1 is 1.27 bits per heavy atom. The lowest BCUT2D eigenvalue weighted by atomic mass is 10.2. The summed E-state index contributed by atoms with van der Waals surface area (Å²) >= 11 is 0. The molecule has 3 aromatic rings. The van der Waals surface area contributed by atoms with Crippen LogP contribution in [0.3, 0.4) is 0 Å². The van der Waals surface area contributed by atoms with Gasteiger partial charge < -0.3 is 9.32 Å². The fourth-order valence-electron chi connectivity index (χ4n) is 3.02. The fraction of sp³-hybridized carbons (Fsp3) is 0.278. The summed E-state index contributed by atoms with van der Waals surface area (Å²) < 4.78 is 7.10. The number of hydrogen-bond acceptors (Lipinski definition) is 6. The topological polar surface area (TPSA) is 106 Å². The fourth-order valence-corrected chi connectivity index (χ4v) is 3.02. The molecule has 0 aliphatic carbocycles. The van der Waals surface area contributed by atoms with E-state index in [1.54, 1.807) is 6.92 Å². The van der Waals surface area contributed by atoms with Crippen molar-refractivity contribution in [2.45, 2.75) is 20.8 Å². The van der Waals surface area contributed by atoms with E-state index >= 15 is 0 Å². The van der Waals surface area contributed by atoms with E-state index in [0.29, 0.717) is 30.5 Å². The van der Waals surface area contributed by atoms with Crippen LogP contribution in [0, 0.1) is 6.92 Å². The van der Waals surface area contributed by atoms with Crippen LogP contribution in [0.25, 0.3) is 16.8 Å². The van der Waals surface area contributed by atoms with Gasteiger partial charge in [-0.15, -0.1) is 0 Å². The van der Waals surface area contributed by atoms with Crippen LogP contribution in [-0.4, -0.2) is 28.5 Å². The standard InChI is InChI=1S/C18H21N5O3/c1-4-22(5-2)18-20-16-14(13(11(3)26-16)15(24)21-19)17(25)23(18)12-9-7-6-8-10-12/h6-10H,4-5,19H2,1-3H3,(H,21,24). The van der Waals surface area contributed by atoms with Crippen LogP contribution in [0.2, 0.25) is 0 Å². The molecule has 26 heavy (non-hydrogen) atoms. The number of benzene rings is 1. The highest BCUT2D eigenvalue weighted by molar-refractivity contribution is 6.06. The monoisotopic (exact) mass is 355 g/mol. The van der Waals surface area contributed by atoms with Crippen molar-refractivity contribution in [2.24, 2.45) is 5.84 Å². The third-order valence-corrected chi connectivity index (χ3v) is 4.30. The van der Waals surface area contributed by atoms with Crippen molar-refractivity contribution in [3.8, 4) is 5.69 Å². The van der Waals surface area contributed by atoms with Gasteiger partial charge in [-0.1, -0.05) is 18.2 Å². The molecule has 8 nitrogen and oxygen atoms in total. The molecule has 2 aromatic heterocycles.